The highest BCUT2D eigenvalue weighted by Gasteiger charge is 2.13. The minimum absolute atomic E-state index is 0.0829. The predicted octanol–water partition coefficient (Wildman–Crippen LogP) is 1.67. The van der Waals surface area contributed by atoms with Crippen LogP contribution in [0, 0.1) is 5.82 Å². The van der Waals surface area contributed by atoms with E-state index >= 15 is 0 Å². The summed E-state index contributed by atoms with van der Waals surface area (Å²) >= 11 is 3.10. The van der Waals surface area contributed by atoms with Crippen LogP contribution in [0.5, 0.6) is 0 Å². The van der Waals surface area contributed by atoms with Gasteiger partial charge in [0.1, 0.15) is 5.82 Å². The molecule has 18 heavy (non-hydrogen) atoms. The zero-order chi connectivity index (χ0) is 13.7. The first-order chi connectivity index (χ1) is 8.45. The lowest BCUT2D eigenvalue weighted by Gasteiger charge is -2.08. The predicted molar refractivity (Wildman–Crippen MR) is 74.4 cm³/mol. The van der Waals surface area contributed by atoms with Gasteiger partial charge in [-0.05, 0) is 28.1 Å². The lowest BCUT2D eigenvalue weighted by molar-refractivity contribution is 0.0955. The highest BCUT2D eigenvalue weighted by molar-refractivity contribution is 9.10. The van der Waals surface area contributed by atoms with Crippen molar-refractivity contribution in [1.82, 2.24) is 5.32 Å². The largest absolute Gasteiger partial charge is 0.396 e. The second kappa shape index (κ2) is 6.84. The Morgan fingerprint density at radius 1 is 1.56 bits per heavy atom. The molecule has 100 valence electrons. The fraction of sp³-hybridized carbons (Fsp3) is 0.364. The van der Waals surface area contributed by atoms with E-state index in [0.29, 0.717) is 22.5 Å². The van der Waals surface area contributed by atoms with Gasteiger partial charge in [-0.25, -0.2) is 4.39 Å². The number of amides is 1. The summed E-state index contributed by atoms with van der Waals surface area (Å²) in [7, 11) is -0.924. The van der Waals surface area contributed by atoms with Gasteiger partial charge in [-0.3, -0.25) is 9.00 Å². The molecule has 0 saturated heterocycles. The molecule has 0 aliphatic carbocycles. The van der Waals surface area contributed by atoms with Crippen molar-refractivity contribution in [3.05, 3.63) is 28.0 Å². The van der Waals surface area contributed by atoms with E-state index in [4.69, 9.17) is 5.73 Å². The number of halogens is 2. The Bertz CT molecular complexity index is 482. The minimum atomic E-state index is -0.924. The van der Waals surface area contributed by atoms with E-state index < -0.39 is 16.6 Å². The number of nitrogen functional groups attached to an aromatic ring is 1. The molecule has 0 aromatic heterocycles. The molecule has 1 unspecified atom stereocenters. The first-order valence-corrected chi connectivity index (χ1v) is 7.61. The summed E-state index contributed by atoms with van der Waals surface area (Å²) in [5.74, 6) is 0.00626. The van der Waals surface area contributed by atoms with E-state index in [-0.39, 0.29) is 17.2 Å². The van der Waals surface area contributed by atoms with Gasteiger partial charge in [-0.2, -0.15) is 0 Å². The van der Waals surface area contributed by atoms with Crippen LogP contribution >= 0.6 is 15.9 Å². The van der Waals surface area contributed by atoms with Crippen molar-refractivity contribution in [2.75, 3.05) is 23.8 Å². The van der Waals surface area contributed by atoms with Crippen molar-refractivity contribution >= 4 is 38.3 Å². The van der Waals surface area contributed by atoms with Crippen LogP contribution in [0.4, 0.5) is 10.1 Å². The molecule has 0 aliphatic rings. The van der Waals surface area contributed by atoms with Gasteiger partial charge in [-0.1, -0.05) is 6.92 Å². The van der Waals surface area contributed by atoms with Crippen LogP contribution in [0.2, 0.25) is 0 Å². The van der Waals surface area contributed by atoms with Gasteiger partial charge in [-0.15, -0.1) is 0 Å². The highest BCUT2D eigenvalue weighted by Crippen LogP contribution is 2.22. The summed E-state index contributed by atoms with van der Waals surface area (Å²) in [6.45, 7) is 2.12. The average molecular weight is 337 g/mol. The highest BCUT2D eigenvalue weighted by atomic mass is 79.9. The van der Waals surface area contributed by atoms with Gasteiger partial charge in [0.15, 0.2) is 0 Å². The molecule has 0 aliphatic heterocycles. The van der Waals surface area contributed by atoms with Crippen LogP contribution in [0.15, 0.2) is 16.6 Å². The third-order valence-corrected chi connectivity index (χ3v) is 4.23. The van der Waals surface area contributed by atoms with Crippen molar-refractivity contribution in [3.8, 4) is 0 Å². The summed E-state index contributed by atoms with van der Waals surface area (Å²) in [6.07, 6.45) is 0. The van der Waals surface area contributed by atoms with E-state index in [1.54, 1.807) is 0 Å². The number of benzene rings is 1. The van der Waals surface area contributed by atoms with Crippen LogP contribution in [-0.2, 0) is 10.8 Å². The molecule has 0 bridgehead atoms. The van der Waals surface area contributed by atoms with Crippen molar-refractivity contribution in [3.63, 3.8) is 0 Å². The van der Waals surface area contributed by atoms with Crippen LogP contribution in [-0.4, -0.2) is 28.2 Å². The Morgan fingerprint density at radius 3 is 2.83 bits per heavy atom. The average Bonchev–Trinajstić information content (AvgIpc) is 2.33. The molecule has 1 aromatic rings. The van der Waals surface area contributed by atoms with Gasteiger partial charge in [0.05, 0.1) is 11.3 Å². The Labute approximate surface area is 116 Å². The molecule has 1 amide bonds. The maximum Gasteiger partial charge on any atom is 0.252 e. The molecule has 1 rings (SSSR count). The molecule has 0 saturated carbocycles. The monoisotopic (exact) mass is 336 g/mol. The molecule has 1 aromatic carbocycles. The van der Waals surface area contributed by atoms with E-state index in [1.165, 1.54) is 6.07 Å². The van der Waals surface area contributed by atoms with Gasteiger partial charge in [0, 0.05) is 33.3 Å². The molecule has 0 fully saturated rings. The SMILES string of the molecule is CCS(=O)CCNC(=O)c1cc(N)c(F)cc1Br. The van der Waals surface area contributed by atoms with E-state index in [1.807, 2.05) is 6.92 Å². The maximum atomic E-state index is 13.1. The minimum Gasteiger partial charge on any atom is -0.396 e. The van der Waals surface area contributed by atoms with Crippen molar-refractivity contribution in [2.24, 2.45) is 0 Å². The zero-order valence-corrected chi connectivity index (χ0v) is 12.2. The lowest BCUT2D eigenvalue weighted by Crippen LogP contribution is -2.28. The van der Waals surface area contributed by atoms with Gasteiger partial charge >= 0.3 is 0 Å². The van der Waals surface area contributed by atoms with E-state index in [9.17, 15) is 13.4 Å². The molecule has 0 spiro atoms. The van der Waals surface area contributed by atoms with Gasteiger partial charge in [0.25, 0.3) is 5.91 Å². The number of carbonyl (C=O) groups is 1. The number of nitrogens with one attached hydrogen (secondary N) is 1. The summed E-state index contributed by atoms with van der Waals surface area (Å²) in [5, 5.41) is 2.61. The number of anilines is 1. The number of hydrogen-bond acceptors (Lipinski definition) is 3. The van der Waals surface area contributed by atoms with E-state index in [2.05, 4.69) is 21.2 Å². The van der Waals surface area contributed by atoms with Crippen molar-refractivity contribution < 1.29 is 13.4 Å². The van der Waals surface area contributed by atoms with Crippen LogP contribution in [0.1, 0.15) is 17.3 Å². The fourth-order valence-electron chi connectivity index (χ4n) is 1.26. The molecule has 4 nitrogen and oxygen atoms in total. The second-order valence-corrected chi connectivity index (χ2v) is 6.26. The Balaban J connectivity index is 2.67. The topological polar surface area (TPSA) is 72.2 Å². The maximum absolute atomic E-state index is 13.1. The molecule has 1 atom stereocenters. The summed E-state index contributed by atoms with van der Waals surface area (Å²) in [5.41, 5.74) is 5.58. The van der Waals surface area contributed by atoms with E-state index in [0.717, 1.165) is 6.07 Å². The van der Waals surface area contributed by atoms with Gasteiger partial charge in [0.2, 0.25) is 0 Å². The third kappa shape index (κ3) is 4.06. The smallest absolute Gasteiger partial charge is 0.252 e. The van der Waals surface area contributed by atoms with Crippen molar-refractivity contribution in [2.45, 2.75) is 6.92 Å². The van der Waals surface area contributed by atoms with Crippen LogP contribution in [0.25, 0.3) is 0 Å². The lowest BCUT2D eigenvalue weighted by atomic mass is 10.2. The van der Waals surface area contributed by atoms with Crippen LogP contribution in [0.3, 0.4) is 0 Å². The summed E-state index contributed by atoms with van der Waals surface area (Å²) in [6, 6.07) is 2.42. The standard InChI is InChI=1S/C11H14BrFN2O2S/c1-2-18(17)4-3-15-11(16)7-5-10(14)9(13)6-8(7)12/h5-6H,2-4,14H2,1H3,(H,15,16). The molecular formula is C11H14BrFN2O2S. The molecule has 7 heteroatoms. The molecule has 0 heterocycles. The Morgan fingerprint density at radius 2 is 2.22 bits per heavy atom. The zero-order valence-electron chi connectivity index (χ0n) is 9.83. The first kappa shape index (κ1) is 15.1. The Hall–Kier alpha value is -0.950. The number of rotatable bonds is 5. The quantitative estimate of drug-likeness (QED) is 0.803. The third-order valence-electron chi connectivity index (χ3n) is 2.27. The first-order valence-electron chi connectivity index (χ1n) is 5.33. The normalized spacial score (nSPS) is 12.2. The fourth-order valence-corrected chi connectivity index (χ4v) is 2.37. The number of hydrogen-bond donors (Lipinski definition) is 2. The number of nitrogens with two attached hydrogens (primary N) is 1. The van der Waals surface area contributed by atoms with Gasteiger partial charge < -0.3 is 11.1 Å². The summed E-state index contributed by atoms with van der Waals surface area (Å²) < 4.78 is 24.6. The molecular weight excluding hydrogens is 323 g/mol. The Kier molecular flexibility index (Phi) is 5.74. The summed E-state index contributed by atoms with van der Waals surface area (Å²) in [4.78, 5) is 11.8. The molecule has 3 N–H and O–H groups in total. The number of carbonyl (C=O) groups excluding carboxylic acids is 1. The van der Waals surface area contributed by atoms with Crippen LogP contribution < -0.4 is 11.1 Å². The molecule has 0 radical (unpaired) electrons. The van der Waals surface area contributed by atoms with Crippen molar-refractivity contribution in [1.29, 1.82) is 0 Å². The second-order valence-electron chi connectivity index (χ2n) is 3.54.